The first-order chi connectivity index (χ1) is 9.80. The van der Waals surface area contributed by atoms with E-state index in [9.17, 15) is 13.2 Å². The third-order valence-corrected chi connectivity index (χ3v) is 3.49. The van der Waals surface area contributed by atoms with E-state index in [-0.39, 0.29) is 11.6 Å². The Morgan fingerprint density at radius 2 is 1.81 bits per heavy atom. The van der Waals surface area contributed by atoms with Crippen LogP contribution in [0.1, 0.15) is 12.6 Å². The van der Waals surface area contributed by atoms with Crippen LogP contribution in [0.2, 0.25) is 0 Å². The molecule has 0 aliphatic carbocycles. The van der Waals surface area contributed by atoms with Crippen molar-refractivity contribution >= 4 is 21.7 Å². The number of aryl methyl sites for hydroxylation is 1. The SMILES string of the molecule is CCc1nc(-c2ccc(OC(F)(F)F)cc2)nc(N)c1Br. The second-order valence-corrected chi connectivity index (χ2v) is 4.91. The molecule has 0 unspecified atom stereocenters. The molecule has 0 bridgehead atoms. The van der Waals surface area contributed by atoms with Crippen LogP contribution >= 0.6 is 15.9 Å². The van der Waals surface area contributed by atoms with Gasteiger partial charge >= 0.3 is 6.36 Å². The Kier molecular flexibility index (Phi) is 4.36. The molecule has 1 aromatic carbocycles. The Hall–Kier alpha value is -1.83. The summed E-state index contributed by atoms with van der Waals surface area (Å²) in [6, 6.07) is 5.30. The lowest BCUT2D eigenvalue weighted by atomic mass is 10.2. The molecule has 1 aromatic heterocycles. The first-order valence-corrected chi connectivity index (χ1v) is 6.77. The molecule has 21 heavy (non-hydrogen) atoms. The minimum atomic E-state index is -4.71. The summed E-state index contributed by atoms with van der Waals surface area (Å²) in [7, 11) is 0. The summed E-state index contributed by atoms with van der Waals surface area (Å²) in [4.78, 5) is 8.44. The minimum Gasteiger partial charge on any atom is -0.406 e. The van der Waals surface area contributed by atoms with Crippen LogP contribution < -0.4 is 10.5 Å². The van der Waals surface area contributed by atoms with E-state index in [1.165, 1.54) is 24.3 Å². The molecule has 2 aromatic rings. The zero-order chi connectivity index (χ0) is 15.6. The molecular weight excluding hydrogens is 351 g/mol. The number of nitrogen functional groups attached to an aromatic ring is 1. The number of halogens is 4. The lowest BCUT2D eigenvalue weighted by Gasteiger charge is -2.10. The van der Waals surface area contributed by atoms with Crippen LogP contribution in [0, 0.1) is 0 Å². The van der Waals surface area contributed by atoms with Crippen LogP contribution in [0.25, 0.3) is 11.4 Å². The van der Waals surface area contributed by atoms with Crippen molar-refractivity contribution in [2.45, 2.75) is 19.7 Å². The topological polar surface area (TPSA) is 61.0 Å². The normalized spacial score (nSPS) is 11.5. The molecule has 0 fully saturated rings. The van der Waals surface area contributed by atoms with E-state index >= 15 is 0 Å². The van der Waals surface area contributed by atoms with Crippen LogP contribution in [-0.2, 0) is 6.42 Å². The quantitative estimate of drug-likeness (QED) is 0.898. The van der Waals surface area contributed by atoms with Gasteiger partial charge in [-0.05, 0) is 46.6 Å². The van der Waals surface area contributed by atoms with Gasteiger partial charge in [0.1, 0.15) is 11.6 Å². The summed E-state index contributed by atoms with van der Waals surface area (Å²) in [6.07, 6.45) is -4.06. The fourth-order valence-corrected chi connectivity index (χ4v) is 2.14. The van der Waals surface area contributed by atoms with Crippen molar-refractivity contribution in [2.75, 3.05) is 5.73 Å². The Morgan fingerprint density at radius 1 is 1.19 bits per heavy atom. The van der Waals surface area contributed by atoms with Gasteiger partial charge in [0.25, 0.3) is 0 Å². The number of rotatable bonds is 3. The Balaban J connectivity index is 2.33. The number of nitrogens with two attached hydrogens (primary N) is 1. The van der Waals surface area contributed by atoms with Gasteiger partial charge < -0.3 is 10.5 Å². The fraction of sp³-hybridized carbons (Fsp3) is 0.231. The van der Waals surface area contributed by atoms with E-state index in [0.29, 0.717) is 22.3 Å². The smallest absolute Gasteiger partial charge is 0.406 e. The molecule has 0 saturated heterocycles. The van der Waals surface area contributed by atoms with Crippen LogP contribution in [0.4, 0.5) is 19.0 Å². The van der Waals surface area contributed by atoms with Crippen molar-refractivity contribution < 1.29 is 17.9 Å². The number of nitrogens with zero attached hydrogens (tertiary/aromatic N) is 2. The first kappa shape index (κ1) is 15.6. The lowest BCUT2D eigenvalue weighted by molar-refractivity contribution is -0.274. The number of hydrogen-bond donors (Lipinski definition) is 1. The summed E-state index contributed by atoms with van der Waals surface area (Å²) < 4.78 is 40.7. The molecule has 0 spiro atoms. The van der Waals surface area contributed by atoms with Crippen molar-refractivity contribution in [3.63, 3.8) is 0 Å². The van der Waals surface area contributed by atoms with Crippen molar-refractivity contribution in [2.24, 2.45) is 0 Å². The summed E-state index contributed by atoms with van der Waals surface area (Å²) in [5, 5.41) is 0. The van der Waals surface area contributed by atoms with E-state index in [1.54, 1.807) is 0 Å². The molecule has 8 heteroatoms. The van der Waals surface area contributed by atoms with Gasteiger partial charge in [-0.3, -0.25) is 0 Å². The van der Waals surface area contributed by atoms with Crippen molar-refractivity contribution in [1.82, 2.24) is 9.97 Å². The molecule has 0 saturated carbocycles. The molecule has 2 rings (SSSR count). The van der Waals surface area contributed by atoms with E-state index in [1.807, 2.05) is 6.92 Å². The maximum Gasteiger partial charge on any atom is 0.573 e. The van der Waals surface area contributed by atoms with Gasteiger partial charge in [-0.25, -0.2) is 9.97 Å². The molecule has 0 amide bonds. The Morgan fingerprint density at radius 3 is 2.33 bits per heavy atom. The molecule has 1 heterocycles. The average Bonchev–Trinajstić information content (AvgIpc) is 2.41. The molecule has 2 N–H and O–H groups in total. The zero-order valence-electron chi connectivity index (χ0n) is 10.9. The second kappa shape index (κ2) is 5.88. The molecule has 0 atom stereocenters. The summed E-state index contributed by atoms with van der Waals surface area (Å²) in [6.45, 7) is 1.91. The van der Waals surface area contributed by atoms with Crippen molar-refractivity contribution in [3.05, 3.63) is 34.4 Å². The third kappa shape index (κ3) is 3.84. The lowest BCUT2D eigenvalue weighted by Crippen LogP contribution is -2.16. The number of hydrogen-bond acceptors (Lipinski definition) is 4. The first-order valence-electron chi connectivity index (χ1n) is 5.98. The van der Waals surface area contributed by atoms with Gasteiger partial charge in [0, 0.05) is 5.56 Å². The van der Waals surface area contributed by atoms with Crippen LogP contribution in [0.3, 0.4) is 0 Å². The molecule has 4 nitrogen and oxygen atoms in total. The van der Waals surface area contributed by atoms with E-state index in [4.69, 9.17) is 5.73 Å². The molecule has 0 aliphatic rings. The summed E-state index contributed by atoms with van der Waals surface area (Å²) in [5.74, 6) is 0.339. The zero-order valence-corrected chi connectivity index (χ0v) is 12.5. The Labute approximate surface area is 127 Å². The highest BCUT2D eigenvalue weighted by molar-refractivity contribution is 9.10. The highest BCUT2D eigenvalue weighted by Crippen LogP contribution is 2.28. The van der Waals surface area contributed by atoms with Crippen LogP contribution in [-0.4, -0.2) is 16.3 Å². The largest absolute Gasteiger partial charge is 0.573 e. The standard InChI is InChI=1S/C13H11BrF3N3O/c1-2-9-10(14)11(18)20-12(19-9)7-3-5-8(6-4-7)21-13(15,16)17/h3-6H,2H2,1H3,(H2,18,19,20). The van der Waals surface area contributed by atoms with Gasteiger partial charge in [-0.2, -0.15) is 0 Å². The van der Waals surface area contributed by atoms with Crippen LogP contribution in [0.5, 0.6) is 5.75 Å². The van der Waals surface area contributed by atoms with Gasteiger partial charge in [0.15, 0.2) is 5.82 Å². The predicted molar refractivity (Wildman–Crippen MR) is 75.6 cm³/mol. The molecule has 0 aliphatic heterocycles. The fourth-order valence-electron chi connectivity index (χ4n) is 1.68. The van der Waals surface area contributed by atoms with Gasteiger partial charge in [-0.15, -0.1) is 13.2 Å². The van der Waals surface area contributed by atoms with E-state index < -0.39 is 6.36 Å². The number of aromatic nitrogens is 2. The third-order valence-electron chi connectivity index (χ3n) is 2.63. The van der Waals surface area contributed by atoms with Crippen molar-refractivity contribution in [1.29, 1.82) is 0 Å². The maximum absolute atomic E-state index is 12.1. The van der Waals surface area contributed by atoms with Crippen LogP contribution in [0.15, 0.2) is 28.7 Å². The van der Waals surface area contributed by atoms with Gasteiger partial charge in [0.05, 0.1) is 10.2 Å². The highest BCUT2D eigenvalue weighted by atomic mass is 79.9. The molecule has 112 valence electrons. The number of ether oxygens (including phenoxy) is 1. The van der Waals surface area contributed by atoms with Gasteiger partial charge in [0.2, 0.25) is 0 Å². The maximum atomic E-state index is 12.1. The minimum absolute atomic E-state index is 0.285. The summed E-state index contributed by atoms with van der Waals surface area (Å²) >= 11 is 3.30. The van der Waals surface area contributed by atoms with E-state index in [0.717, 1.165) is 5.69 Å². The molecular formula is C13H11BrF3N3O. The summed E-state index contributed by atoms with van der Waals surface area (Å²) in [5.41, 5.74) is 7.06. The number of benzene rings is 1. The number of anilines is 1. The second-order valence-electron chi connectivity index (χ2n) is 4.12. The van der Waals surface area contributed by atoms with Crippen molar-refractivity contribution in [3.8, 4) is 17.1 Å². The molecule has 0 radical (unpaired) electrons. The Bertz CT molecular complexity index is 644. The predicted octanol–water partition coefficient (Wildman–Crippen LogP) is 3.95. The van der Waals surface area contributed by atoms with Gasteiger partial charge in [-0.1, -0.05) is 6.92 Å². The average molecular weight is 362 g/mol. The highest BCUT2D eigenvalue weighted by Gasteiger charge is 2.31. The monoisotopic (exact) mass is 361 g/mol. The van der Waals surface area contributed by atoms with E-state index in [2.05, 4.69) is 30.6 Å². The number of alkyl halides is 3.